The minimum atomic E-state index is -0.598. The van der Waals surface area contributed by atoms with Crippen LogP contribution in [0.15, 0.2) is 0 Å². The molecule has 1 unspecified atom stereocenters. The summed E-state index contributed by atoms with van der Waals surface area (Å²) in [7, 11) is -0.598. The van der Waals surface area contributed by atoms with Gasteiger partial charge in [-0.15, -0.1) is 0 Å². The molecule has 5 heavy (non-hydrogen) atoms. The molecule has 0 saturated heterocycles. The van der Waals surface area contributed by atoms with Gasteiger partial charge < -0.3 is 0 Å². The average Bonchev–Trinajstić information content (AvgIpc) is 1.38. The molecular formula is C3H8NP. The smallest absolute Gasteiger partial charge is 0.0404 e. The maximum Gasteiger partial charge on any atom is 0.0404 e. The van der Waals surface area contributed by atoms with Gasteiger partial charge in [-0.3, -0.25) is 0 Å². The first kappa shape index (κ1) is 5.01. The topological polar surface area (TPSA) is 23.8 Å². The number of nitrogens with zero attached hydrogens (tertiary/aromatic N) is 1. The van der Waals surface area contributed by atoms with Crippen LogP contribution in [0.4, 0.5) is 0 Å². The summed E-state index contributed by atoms with van der Waals surface area (Å²) in [5, 5.41) is 8.43. The van der Waals surface area contributed by atoms with Crippen LogP contribution in [0.1, 0.15) is 6.92 Å². The summed E-state index contributed by atoms with van der Waals surface area (Å²) in [5.74, 6) is 0. The third kappa shape index (κ3) is 4.01. The predicted octanol–water partition coefficient (Wildman–Crippen LogP) is 1.60. The van der Waals surface area contributed by atoms with Crippen molar-refractivity contribution in [2.75, 3.05) is 12.8 Å². The van der Waals surface area contributed by atoms with Crippen LogP contribution in [-0.4, -0.2) is 12.8 Å². The van der Waals surface area contributed by atoms with E-state index in [0.717, 1.165) is 6.16 Å². The Morgan fingerprint density at radius 3 is 2.00 bits per heavy atom. The first-order valence-electron chi connectivity index (χ1n) is 1.67. The van der Waals surface area contributed by atoms with Crippen LogP contribution < -0.4 is 0 Å². The maximum absolute atomic E-state index is 8.43. The van der Waals surface area contributed by atoms with Gasteiger partial charge in [0.25, 0.3) is 0 Å². The molecule has 0 aromatic heterocycles. The highest BCUT2D eigenvalue weighted by atomic mass is 31.1. The Hall–Kier alpha value is 0.0100. The Morgan fingerprint density at radius 2 is 2.00 bits per heavy atom. The van der Waals surface area contributed by atoms with Crippen LogP contribution in [0.2, 0.25) is 0 Å². The second-order valence-corrected chi connectivity index (χ2v) is 2.92. The Labute approximate surface area is 33.3 Å². The fourth-order valence-electron chi connectivity index (χ4n) is 0. The summed E-state index contributed by atoms with van der Waals surface area (Å²) in [4.78, 5) is 0. The summed E-state index contributed by atoms with van der Waals surface area (Å²) in [6.07, 6.45) is 0.926. The van der Waals surface area contributed by atoms with Gasteiger partial charge in [-0.25, -0.2) is 5.00 Å². The molecule has 2 heteroatoms. The van der Waals surface area contributed by atoms with E-state index in [9.17, 15) is 0 Å². The molecule has 0 aliphatic heterocycles. The van der Waals surface area contributed by atoms with E-state index in [-0.39, 0.29) is 0 Å². The van der Waals surface area contributed by atoms with Crippen molar-refractivity contribution in [3.63, 3.8) is 0 Å². The fourth-order valence-corrected chi connectivity index (χ4v) is 0. The van der Waals surface area contributed by atoms with Gasteiger partial charge in [0.2, 0.25) is 0 Å². The lowest BCUT2D eigenvalue weighted by Crippen LogP contribution is -1.52. The van der Waals surface area contributed by atoms with Gasteiger partial charge >= 0.3 is 0 Å². The highest BCUT2D eigenvalue weighted by Crippen LogP contribution is 2.05. The molecule has 0 N–H and O–H groups in total. The lowest BCUT2D eigenvalue weighted by atomic mass is 11.0. The highest BCUT2D eigenvalue weighted by Gasteiger charge is 1.70. The van der Waals surface area contributed by atoms with Gasteiger partial charge in [-0.1, -0.05) is 6.92 Å². The third-order valence-corrected chi connectivity index (χ3v) is 1.37. The minimum Gasteiger partial charge on any atom is -0.245 e. The van der Waals surface area contributed by atoms with Gasteiger partial charge in [-0.2, -0.15) is 0 Å². The lowest BCUT2D eigenvalue weighted by Gasteiger charge is -1.69. The molecule has 1 nitrogen and oxygen atoms in total. The van der Waals surface area contributed by atoms with E-state index in [1.54, 1.807) is 0 Å². The van der Waals surface area contributed by atoms with Crippen molar-refractivity contribution in [2.24, 2.45) is 0 Å². The van der Waals surface area contributed by atoms with E-state index in [2.05, 4.69) is 0 Å². The molecule has 0 fully saturated rings. The normalized spacial score (nSPS) is 11.0. The van der Waals surface area contributed by atoms with Crippen molar-refractivity contribution in [3.05, 3.63) is 0 Å². The number of hydrogen-bond donors (Lipinski definition) is 0. The Morgan fingerprint density at radius 1 is 1.80 bits per heavy atom. The number of hydrogen-bond acceptors (Lipinski definition) is 1. The maximum atomic E-state index is 8.43. The van der Waals surface area contributed by atoms with E-state index in [4.69, 9.17) is 5.00 Å². The van der Waals surface area contributed by atoms with E-state index in [1.165, 1.54) is 0 Å². The zero-order valence-electron chi connectivity index (χ0n) is 3.60. The van der Waals surface area contributed by atoms with Gasteiger partial charge in [-0.05, 0) is 0 Å². The van der Waals surface area contributed by atoms with Crippen molar-refractivity contribution < 1.29 is 0 Å². The van der Waals surface area contributed by atoms with Crippen LogP contribution in [-0.2, 0) is 0 Å². The summed E-state index contributed by atoms with van der Waals surface area (Å²) in [6.45, 7) is 3.82. The summed E-state index contributed by atoms with van der Waals surface area (Å²) < 4.78 is 0. The summed E-state index contributed by atoms with van der Waals surface area (Å²) in [6, 6.07) is 0. The molecule has 1 atom stereocenters. The Balaban J connectivity index is 2.97. The molecule has 0 saturated carbocycles. The van der Waals surface area contributed by atoms with Gasteiger partial charge in [0, 0.05) is 20.4 Å². The van der Waals surface area contributed by atoms with Gasteiger partial charge in [0.1, 0.15) is 0 Å². The molecule has 0 radical (unpaired) electrons. The molecule has 30 valence electrons. The quantitative estimate of drug-likeness (QED) is 0.413. The molecule has 0 rings (SSSR count). The molecular weight excluding hydrogens is 81.0 g/mol. The molecule has 0 aliphatic carbocycles. The predicted molar refractivity (Wildman–Crippen MR) is 25.1 cm³/mol. The largest absolute Gasteiger partial charge is 0.245 e. The SMILES string of the molecule is CCP(C)#N. The van der Waals surface area contributed by atoms with Crippen molar-refractivity contribution in [1.82, 2.24) is 0 Å². The zero-order chi connectivity index (χ0) is 4.28. The Kier molecular flexibility index (Phi) is 2.26. The molecule has 0 heterocycles. The third-order valence-electron chi connectivity index (χ3n) is 0.458. The van der Waals surface area contributed by atoms with Crippen molar-refractivity contribution in [2.45, 2.75) is 6.92 Å². The average molecular weight is 89.1 g/mol. The second kappa shape index (κ2) is 2.26. The van der Waals surface area contributed by atoms with Crippen LogP contribution in [0.3, 0.4) is 0 Å². The summed E-state index contributed by atoms with van der Waals surface area (Å²) >= 11 is 0. The monoisotopic (exact) mass is 89.0 g/mol. The lowest BCUT2D eigenvalue weighted by molar-refractivity contribution is 1.48. The molecule has 0 aromatic carbocycles. The molecule has 0 aromatic rings. The fraction of sp³-hybridized carbons (Fsp3) is 1.00. The first-order chi connectivity index (χ1) is 2.27. The van der Waals surface area contributed by atoms with E-state index < -0.39 is 7.56 Å². The highest BCUT2D eigenvalue weighted by molar-refractivity contribution is 7.42. The van der Waals surface area contributed by atoms with E-state index in [0.29, 0.717) is 0 Å². The van der Waals surface area contributed by atoms with E-state index >= 15 is 0 Å². The molecule has 0 bridgehead atoms. The van der Waals surface area contributed by atoms with Gasteiger partial charge in [0.05, 0.1) is 0 Å². The van der Waals surface area contributed by atoms with Crippen molar-refractivity contribution in [3.8, 4) is 0 Å². The minimum absolute atomic E-state index is 0.598. The van der Waals surface area contributed by atoms with Crippen molar-refractivity contribution in [1.29, 1.82) is 5.00 Å². The number of rotatable bonds is 0. The van der Waals surface area contributed by atoms with Crippen LogP contribution in [0.25, 0.3) is 0 Å². The van der Waals surface area contributed by atoms with Crippen LogP contribution in [0.5, 0.6) is 0 Å². The van der Waals surface area contributed by atoms with Gasteiger partial charge in [0.15, 0.2) is 0 Å². The Bertz CT molecular complexity index is 68.7. The van der Waals surface area contributed by atoms with Crippen molar-refractivity contribution >= 4 is 7.56 Å². The zero-order valence-corrected chi connectivity index (χ0v) is 4.50. The first-order valence-corrected chi connectivity index (χ1v) is 3.60. The standard InChI is InChI=1S/C3H8NP/c1-3-5(2)4/h3H2,1-2H3. The molecule has 0 spiro atoms. The van der Waals surface area contributed by atoms with Crippen LogP contribution in [0, 0.1) is 5.00 Å². The van der Waals surface area contributed by atoms with E-state index in [1.807, 2.05) is 13.6 Å². The summed E-state index contributed by atoms with van der Waals surface area (Å²) in [5.41, 5.74) is 0. The van der Waals surface area contributed by atoms with Crippen LogP contribution >= 0.6 is 7.56 Å². The molecule has 0 amide bonds. The second-order valence-electron chi connectivity index (χ2n) is 0.974. The molecule has 0 aliphatic rings.